The third-order valence-electron chi connectivity index (χ3n) is 1.26. The first-order valence-electron chi connectivity index (χ1n) is 3.44. The molecule has 0 aromatic heterocycles. The van der Waals surface area contributed by atoms with Crippen molar-refractivity contribution in [3.8, 4) is 0 Å². The fourth-order valence-corrected chi connectivity index (χ4v) is 1.64. The molecule has 0 saturated heterocycles. The molecular weight excluding hydrogens is 162 g/mol. The molecule has 1 aliphatic rings. The van der Waals surface area contributed by atoms with E-state index in [4.69, 9.17) is 4.74 Å². The Labute approximate surface area is 70.2 Å². The van der Waals surface area contributed by atoms with Crippen molar-refractivity contribution in [2.24, 2.45) is 0 Å². The van der Waals surface area contributed by atoms with Crippen LogP contribution in [0.2, 0.25) is 0 Å². The van der Waals surface area contributed by atoms with Crippen molar-refractivity contribution < 1.29 is 9.53 Å². The standard InChI is InChI=1S/C7H11NO2S/c1-5-7(8-6(2)9)11-4-3-10-5/h3-4H2,1-2H3,(H,8,9). The van der Waals surface area contributed by atoms with E-state index in [0.717, 1.165) is 23.1 Å². The zero-order valence-corrected chi connectivity index (χ0v) is 7.46. The summed E-state index contributed by atoms with van der Waals surface area (Å²) in [5.74, 6) is 1.68. The first-order valence-corrected chi connectivity index (χ1v) is 4.43. The molecule has 1 N–H and O–H groups in total. The quantitative estimate of drug-likeness (QED) is 0.644. The number of hydrogen-bond acceptors (Lipinski definition) is 3. The van der Waals surface area contributed by atoms with Crippen molar-refractivity contribution >= 4 is 17.7 Å². The van der Waals surface area contributed by atoms with Crippen LogP contribution in [0.1, 0.15) is 13.8 Å². The lowest BCUT2D eigenvalue weighted by Crippen LogP contribution is -2.22. The van der Waals surface area contributed by atoms with Crippen LogP contribution in [-0.2, 0) is 9.53 Å². The first-order chi connectivity index (χ1) is 5.20. The molecule has 0 fully saturated rings. The smallest absolute Gasteiger partial charge is 0.221 e. The molecule has 3 nitrogen and oxygen atoms in total. The van der Waals surface area contributed by atoms with Crippen LogP contribution in [0, 0.1) is 0 Å². The molecule has 1 heterocycles. The number of nitrogens with one attached hydrogen (secondary N) is 1. The third kappa shape index (κ3) is 2.46. The van der Waals surface area contributed by atoms with E-state index in [1.54, 1.807) is 11.8 Å². The normalized spacial score (nSPS) is 17.6. The molecule has 62 valence electrons. The van der Waals surface area contributed by atoms with E-state index in [-0.39, 0.29) is 5.91 Å². The van der Waals surface area contributed by atoms with Crippen LogP contribution in [0.3, 0.4) is 0 Å². The van der Waals surface area contributed by atoms with E-state index in [9.17, 15) is 4.79 Å². The lowest BCUT2D eigenvalue weighted by molar-refractivity contribution is -0.118. The summed E-state index contributed by atoms with van der Waals surface area (Å²) >= 11 is 1.62. The Balaban J connectivity index is 2.59. The molecular formula is C7H11NO2S. The van der Waals surface area contributed by atoms with E-state index in [0.29, 0.717) is 0 Å². The molecule has 11 heavy (non-hydrogen) atoms. The van der Waals surface area contributed by atoms with Crippen molar-refractivity contribution in [2.75, 3.05) is 12.4 Å². The Kier molecular flexibility index (Phi) is 2.82. The number of hydrogen-bond donors (Lipinski definition) is 1. The maximum atomic E-state index is 10.6. The Morgan fingerprint density at radius 1 is 1.73 bits per heavy atom. The molecule has 0 aromatic rings. The molecule has 0 saturated carbocycles. The van der Waals surface area contributed by atoms with Crippen LogP contribution in [-0.4, -0.2) is 18.3 Å². The molecule has 4 heteroatoms. The Bertz CT molecular complexity index is 201. The van der Waals surface area contributed by atoms with E-state index < -0.39 is 0 Å². The molecule has 0 radical (unpaired) electrons. The van der Waals surface area contributed by atoms with Gasteiger partial charge in [-0.1, -0.05) is 0 Å². The third-order valence-corrected chi connectivity index (χ3v) is 2.31. The van der Waals surface area contributed by atoms with Gasteiger partial charge in [0.25, 0.3) is 0 Å². The average Bonchev–Trinajstić information content (AvgIpc) is 1.93. The molecule has 0 aromatic carbocycles. The van der Waals surface area contributed by atoms with Crippen LogP contribution in [0.25, 0.3) is 0 Å². The van der Waals surface area contributed by atoms with Gasteiger partial charge < -0.3 is 10.1 Å². The van der Waals surface area contributed by atoms with Gasteiger partial charge in [-0.2, -0.15) is 0 Å². The molecule has 0 atom stereocenters. The first kappa shape index (κ1) is 8.46. The van der Waals surface area contributed by atoms with Gasteiger partial charge in [-0.25, -0.2) is 0 Å². The fourth-order valence-electron chi connectivity index (χ4n) is 0.790. The summed E-state index contributed by atoms with van der Waals surface area (Å²) in [6.07, 6.45) is 0. The number of thioether (sulfide) groups is 1. The monoisotopic (exact) mass is 173 g/mol. The molecule has 0 unspecified atom stereocenters. The van der Waals surface area contributed by atoms with Gasteiger partial charge in [-0.05, 0) is 6.92 Å². The zero-order valence-electron chi connectivity index (χ0n) is 6.64. The second-order valence-electron chi connectivity index (χ2n) is 2.26. The zero-order chi connectivity index (χ0) is 8.27. The number of amides is 1. The van der Waals surface area contributed by atoms with Crippen LogP contribution < -0.4 is 5.32 Å². The summed E-state index contributed by atoms with van der Waals surface area (Å²) in [5.41, 5.74) is 0. The lowest BCUT2D eigenvalue weighted by atomic mass is 10.5. The number of ether oxygens (including phenoxy) is 1. The topological polar surface area (TPSA) is 38.3 Å². The van der Waals surface area contributed by atoms with Gasteiger partial charge in [0.05, 0.1) is 6.61 Å². The SMILES string of the molecule is CC(=O)NC1=C(C)OCCS1. The molecule has 0 bridgehead atoms. The second-order valence-corrected chi connectivity index (χ2v) is 3.37. The second kappa shape index (κ2) is 3.67. The molecule has 1 aliphatic heterocycles. The maximum Gasteiger partial charge on any atom is 0.221 e. The van der Waals surface area contributed by atoms with E-state index in [1.807, 2.05) is 6.92 Å². The molecule has 0 aliphatic carbocycles. The summed E-state index contributed by atoms with van der Waals surface area (Å²) in [6, 6.07) is 0. The van der Waals surface area contributed by atoms with Gasteiger partial charge in [-0.3, -0.25) is 4.79 Å². The predicted octanol–water partition coefficient (Wildman–Crippen LogP) is 1.07. The van der Waals surface area contributed by atoms with Crippen LogP contribution in [0.15, 0.2) is 10.8 Å². The summed E-state index contributed by atoms with van der Waals surface area (Å²) in [5, 5.41) is 3.56. The highest BCUT2D eigenvalue weighted by Gasteiger charge is 2.11. The number of carbonyl (C=O) groups excluding carboxylic acids is 1. The minimum Gasteiger partial charge on any atom is -0.495 e. The molecule has 1 rings (SSSR count). The maximum absolute atomic E-state index is 10.6. The Hall–Kier alpha value is -0.640. The van der Waals surface area contributed by atoms with Gasteiger partial charge in [0.2, 0.25) is 5.91 Å². The largest absolute Gasteiger partial charge is 0.495 e. The Morgan fingerprint density at radius 2 is 2.45 bits per heavy atom. The van der Waals surface area contributed by atoms with Gasteiger partial charge in [0.15, 0.2) is 0 Å². The van der Waals surface area contributed by atoms with Gasteiger partial charge in [0, 0.05) is 12.7 Å². The van der Waals surface area contributed by atoms with Crippen molar-refractivity contribution in [2.45, 2.75) is 13.8 Å². The summed E-state index contributed by atoms with van der Waals surface area (Å²) in [4.78, 5) is 10.6. The van der Waals surface area contributed by atoms with Crippen molar-refractivity contribution in [1.82, 2.24) is 5.32 Å². The van der Waals surface area contributed by atoms with Crippen LogP contribution in [0.5, 0.6) is 0 Å². The van der Waals surface area contributed by atoms with Crippen molar-refractivity contribution in [3.63, 3.8) is 0 Å². The van der Waals surface area contributed by atoms with Gasteiger partial charge in [-0.15, -0.1) is 11.8 Å². The van der Waals surface area contributed by atoms with Gasteiger partial charge in [0.1, 0.15) is 10.8 Å². The van der Waals surface area contributed by atoms with Gasteiger partial charge >= 0.3 is 0 Å². The van der Waals surface area contributed by atoms with Crippen molar-refractivity contribution in [3.05, 3.63) is 10.8 Å². The summed E-state index contributed by atoms with van der Waals surface area (Å²) in [6.45, 7) is 4.09. The van der Waals surface area contributed by atoms with Crippen LogP contribution in [0.4, 0.5) is 0 Å². The van der Waals surface area contributed by atoms with E-state index in [1.165, 1.54) is 6.92 Å². The highest BCUT2D eigenvalue weighted by Crippen LogP contribution is 2.22. The highest BCUT2D eigenvalue weighted by atomic mass is 32.2. The summed E-state index contributed by atoms with van der Waals surface area (Å²) < 4.78 is 5.24. The average molecular weight is 173 g/mol. The summed E-state index contributed by atoms with van der Waals surface area (Å²) in [7, 11) is 0. The number of allylic oxidation sites excluding steroid dienone is 1. The lowest BCUT2D eigenvalue weighted by Gasteiger charge is -2.17. The molecule has 1 amide bonds. The number of carbonyl (C=O) groups is 1. The predicted molar refractivity (Wildman–Crippen MR) is 44.9 cm³/mol. The minimum atomic E-state index is -0.0441. The highest BCUT2D eigenvalue weighted by molar-refractivity contribution is 8.03. The molecule has 0 spiro atoms. The Morgan fingerprint density at radius 3 is 3.00 bits per heavy atom. The number of rotatable bonds is 1. The fraction of sp³-hybridized carbons (Fsp3) is 0.571. The minimum absolute atomic E-state index is 0.0441. The van der Waals surface area contributed by atoms with Crippen molar-refractivity contribution in [1.29, 1.82) is 0 Å². The van der Waals surface area contributed by atoms with E-state index in [2.05, 4.69) is 5.32 Å². The van der Waals surface area contributed by atoms with E-state index >= 15 is 0 Å². The van der Waals surface area contributed by atoms with Crippen LogP contribution >= 0.6 is 11.8 Å².